The number of rotatable bonds is 6. The molecule has 1 aliphatic heterocycles. The SMILES string of the molecule is O=C(CCCOc1ccccc1F)N1CCC[C@H](n2ccnc2)C1. The molecule has 0 unspecified atom stereocenters. The van der Waals surface area contributed by atoms with E-state index in [-0.39, 0.29) is 17.5 Å². The molecule has 1 fully saturated rings. The van der Waals surface area contributed by atoms with Gasteiger partial charge in [-0.1, -0.05) is 12.1 Å². The maximum Gasteiger partial charge on any atom is 0.222 e. The van der Waals surface area contributed by atoms with Crippen molar-refractivity contribution in [3.8, 4) is 5.75 Å². The molecule has 6 heteroatoms. The van der Waals surface area contributed by atoms with Crippen molar-refractivity contribution in [1.29, 1.82) is 0 Å². The zero-order chi connectivity index (χ0) is 16.8. The second-order valence-corrected chi connectivity index (χ2v) is 6.03. The summed E-state index contributed by atoms with van der Waals surface area (Å²) in [7, 11) is 0. The van der Waals surface area contributed by atoms with Crippen LogP contribution in [0.25, 0.3) is 0 Å². The molecule has 1 aliphatic rings. The van der Waals surface area contributed by atoms with E-state index in [4.69, 9.17) is 4.74 Å². The maximum atomic E-state index is 13.4. The van der Waals surface area contributed by atoms with Gasteiger partial charge in [-0.05, 0) is 31.4 Å². The van der Waals surface area contributed by atoms with Gasteiger partial charge < -0.3 is 14.2 Å². The summed E-state index contributed by atoms with van der Waals surface area (Å²) in [5, 5.41) is 0. The van der Waals surface area contributed by atoms with E-state index in [1.807, 2.05) is 11.1 Å². The predicted molar refractivity (Wildman–Crippen MR) is 88.2 cm³/mol. The first-order valence-electron chi connectivity index (χ1n) is 8.36. The van der Waals surface area contributed by atoms with E-state index in [2.05, 4.69) is 9.55 Å². The topological polar surface area (TPSA) is 47.4 Å². The molecular formula is C18H22FN3O2. The van der Waals surface area contributed by atoms with Crippen LogP contribution in [0.1, 0.15) is 31.7 Å². The highest BCUT2D eigenvalue weighted by molar-refractivity contribution is 5.76. The molecular weight excluding hydrogens is 309 g/mol. The number of likely N-dealkylation sites (tertiary alicyclic amines) is 1. The van der Waals surface area contributed by atoms with Crippen LogP contribution in [-0.4, -0.2) is 40.1 Å². The van der Waals surface area contributed by atoms with Gasteiger partial charge in [0.05, 0.1) is 19.0 Å². The maximum absolute atomic E-state index is 13.4. The summed E-state index contributed by atoms with van der Waals surface area (Å²) in [6, 6.07) is 6.62. The lowest BCUT2D eigenvalue weighted by Gasteiger charge is -2.33. The fraction of sp³-hybridized carbons (Fsp3) is 0.444. The smallest absolute Gasteiger partial charge is 0.222 e. The lowest BCUT2D eigenvalue weighted by atomic mass is 10.0. The van der Waals surface area contributed by atoms with Gasteiger partial charge in [0.15, 0.2) is 11.6 Å². The highest BCUT2D eigenvalue weighted by Crippen LogP contribution is 2.22. The zero-order valence-electron chi connectivity index (χ0n) is 13.6. The largest absolute Gasteiger partial charge is 0.491 e. The second-order valence-electron chi connectivity index (χ2n) is 6.03. The van der Waals surface area contributed by atoms with E-state index in [9.17, 15) is 9.18 Å². The number of hydrogen-bond donors (Lipinski definition) is 0. The van der Waals surface area contributed by atoms with Gasteiger partial charge >= 0.3 is 0 Å². The number of carbonyl (C=O) groups is 1. The molecule has 128 valence electrons. The molecule has 0 bridgehead atoms. The van der Waals surface area contributed by atoms with Gasteiger partial charge in [0.25, 0.3) is 0 Å². The zero-order valence-corrected chi connectivity index (χ0v) is 13.6. The Hall–Kier alpha value is -2.37. The Kier molecular flexibility index (Phi) is 5.46. The summed E-state index contributed by atoms with van der Waals surface area (Å²) in [4.78, 5) is 18.4. The van der Waals surface area contributed by atoms with Crippen LogP contribution in [0.15, 0.2) is 43.0 Å². The van der Waals surface area contributed by atoms with Gasteiger partial charge in [0, 0.05) is 31.9 Å². The fourth-order valence-electron chi connectivity index (χ4n) is 3.04. The first-order chi connectivity index (χ1) is 11.7. The lowest BCUT2D eigenvalue weighted by Crippen LogP contribution is -2.40. The van der Waals surface area contributed by atoms with Crippen LogP contribution < -0.4 is 4.74 Å². The first kappa shape index (κ1) is 16.5. The van der Waals surface area contributed by atoms with E-state index in [1.165, 1.54) is 6.07 Å². The summed E-state index contributed by atoms with van der Waals surface area (Å²) in [5.74, 6) is 0.00285. The van der Waals surface area contributed by atoms with Crippen molar-refractivity contribution in [2.45, 2.75) is 31.7 Å². The van der Waals surface area contributed by atoms with Gasteiger partial charge in [-0.2, -0.15) is 0 Å². The Bertz CT molecular complexity index is 660. The van der Waals surface area contributed by atoms with Crippen molar-refractivity contribution < 1.29 is 13.9 Å². The van der Waals surface area contributed by atoms with Crippen LogP contribution in [0.2, 0.25) is 0 Å². The van der Waals surface area contributed by atoms with Crippen molar-refractivity contribution in [1.82, 2.24) is 14.5 Å². The van der Waals surface area contributed by atoms with Crippen molar-refractivity contribution in [2.24, 2.45) is 0 Å². The van der Waals surface area contributed by atoms with E-state index in [1.54, 1.807) is 30.7 Å². The van der Waals surface area contributed by atoms with Crippen LogP contribution >= 0.6 is 0 Å². The summed E-state index contributed by atoms with van der Waals surface area (Å²) >= 11 is 0. The molecule has 0 N–H and O–H groups in total. The number of nitrogens with zero attached hydrogens (tertiary/aromatic N) is 3. The average Bonchev–Trinajstić information content (AvgIpc) is 3.15. The molecule has 5 nitrogen and oxygen atoms in total. The summed E-state index contributed by atoms with van der Waals surface area (Å²) in [5.41, 5.74) is 0. The number of imidazole rings is 1. The van der Waals surface area contributed by atoms with Crippen molar-refractivity contribution in [2.75, 3.05) is 19.7 Å². The molecule has 1 amide bonds. The number of carbonyl (C=O) groups excluding carboxylic acids is 1. The molecule has 1 saturated heterocycles. The molecule has 1 aromatic heterocycles. The Morgan fingerprint density at radius 2 is 2.25 bits per heavy atom. The van der Waals surface area contributed by atoms with E-state index >= 15 is 0 Å². The highest BCUT2D eigenvalue weighted by atomic mass is 19.1. The van der Waals surface area contributed by atoms with Crippen LogP contribution in [0.3, 0.4) is 0 Å². The number of piperidine rings is 1. The molecule has 2 aromatic rings. The van der Waals surface area contributed by atoms with Gasteiger partial charge in [-0.15, -0.1) is 0 Å². The summed E-state index contributed by atoms with van der Waals surface area (Å²) < 4.78 is 20.9. The molecule has 1 aromatic carbocycles. The van der Waals surface area contributed by atoms with Gasteiger partial charge in [-0.25, -0.2) is 9.37 Å². The first-order valence-corrected chi connectivity index (χ1v) is 8.36. The Labute approximate surface area is 141 Å². The highest BCUT2D eigenvalue weighted by Gasteiger charge is 2.24. The van der Waals surface area contributed by atoms with Gasteiger partial charge in [0.2, 0.25) is 5.91 Å². The number of amides is 1. The standard InChI is InChI=1S/C18H22FN3O2/c19-16-6-1-2-7-17(16)24-12-4-8-18(23)21-10-3-5-15(13-21)22-11-9-20-14-22/h1-2,6-7,9,11,14-15H,3-5,8,10,12-13H2/t15-/m0/s1. The van der Waals surface area contributed by atoms with Gasteiger partial charge in [-0.3, -0.25) is 4.79 Å². The number of halogens is 1. The molecule has 0 radical (unpaired) electrons. The molecule has 2 heterocycles. The van der Waals surface area contributed by atoms with Crippen molar-refractivity contribution in [3.05, 3.63) is 48.8 Å². The number of benzene rings is 1. The quantitative estimate of drug-likeness (QED) is 0.765. The van der Waals surface area contributed by atoms with E-state index in [0.717, 1.165) is 25.9 Å². The number of ether oxygens (including phenoxy) is 1. The second kappa shape index (κ2) is 7.95. The molecule has 0 spiro atoms. The van der Waals surface area contributed by atoms with Crippen molar-refractivity contribution in [3.63, 3.8) is 0 Å². The van der Waals surface area contributed by atoms with Crippen LogP contribution in [-0.2, 0) is 4.79 Å². The lowest BCUT2D eigenvalue weighted by molar-refractivity contribution is -0.133. The minimum absolute atomic E-state index is 0.136. The fourth-order valence-corrected chi connectivity index (χ4v) is 3.04. The van der Waals surface area contributed by atoms with Gasteiger partial charge in [0.1, 0.15) is 0 Å². The third kappa shape index (κ3) is 4.13. The summed E-state index contributed by atoms with van der Waals surface area (Å²) in [6.45, 7) is 1.87. The third-order valence-corrected chi connectivity index (χ3v) is 4.32. The third-order valence-electron chi connectivity index (χ3n) is 4.32. The minimum Gasteiger partial charge on any atom is -0.491 e. The van der Waals surface area contributed by atoms with Crippen LogP contribution in [0.4, 0.5) is 4.39 Å². The van der Waals surface area contributed by atoms with E-state index in [0.29, 0.717) is 25.5 Å². The molecule has 0 aliphatic carbocycles. The molecule has 0 saturated carbocycles. The summed E-state index contributed by atoms with van der Waals surface area (Å²) in [6.07, 6.45) is 8.59. The van der Waals surface area contributed by atoms with Crippen LogP contribution in [0, 0.1) is 5.82 Å². The number of hydrogen-bond acceptors (Lipinski definition) is 3. The molecule has 3 rings (SSSR count). The molecule has 1 atom stereocenters. The van der Waals surface area contributed by atoms with Crippen LogP contribution in [0.5, 0.6) is 5.75 Å². The van der Waals surface area contributed by atoms with E-state index < -0.39 is 0 Å². The minimum atomic E-state index is -0.372. The normalized spacial score (nSPS) is 17.7. The Balaban J connectivity index is 1.42. The van der Waals surface area contributed by atoms with Crippen molar-refractivity contribution >= 4 is 5.91 Å². The Morgan fingerprint density at radius 1 is 1.38 bits per heavy atom. The predicted octanol–water partition coefficient (Wildman–Crippen LogP) is 3.04. The average molecular weight is 331 g/mol. The molecule has 24 heavy (non-hydrogen) atoms. The Morgan fingerprint density at radius 3 is 3.04 bits per heavy atom. The monoisotopic (exact) mass is 331 g/mol. The number of para-hydroxylation sites is 1. The number of aromatic nitrogens is 2.